The smallest absolute Gasteiger partial charge is 0.214 e. The van der Waals surface area contributed by atoms with Gasteiger partial charge in [0, 0.05) is 12.4 Å². The highest BCUT2D eigenvalue weighted by Gasteiger charge is 2.18. The van der Waals surface area contributed by atoms with Crippen molar-refractivity contribution in [2.75, 3.05) is 12.8 Å². The Hall–Kier alpha value is -1.24. The van der Waals surface area contributed by atoms with E-state index < -0.39 is 10.0 Å². The van der Waals surface area contributed by atoms with Gasteiger partial charge in [0.2, 0.25) is 10.0 Å². The van der Waals surface area contributed by atoms with E-state index in [1.807, 2.05) is 42.6 Å². The maximum absolute atomic E-state index is 12.2. The molecule has 0 fully saturated rings. The maximum Gasteiger partial charge on any atom is 0.214 e. The number of hydrogen-bond donors (Lipinski definition) is 0. The molecule has 0 unspecified atom stereocenters. The first-order valence-electron chi connectivity index (χ1n) is 6.36. The lowest BCUT2D eigenvalue weighted by atomic mass is 10.2. The summed E-state index contributed by atoms with van der Waals surface area (Å²) in [5.74, 6) is 0.122. The third kappa shape index (κ3) is 4.13. The van der Waals surface area contributed by atoms with Crippen molar-refractivity contribution in [1.29, 1.82) is 0 Å². The van der Waals surface area contributed by atoms with Crippen LogP contribution < -0.4 is 0 Å². The average molecular weight is 310 g/mol. The van der Waals surface area contributed by atoms with Crippen LogP contribution in [0.25, 0.3) is 0 Å². The van der Waals surface area contributed by atoms with Crippen LogP contribution in [-0.4, -0.2) is 30.5 Å². The van der Waals surface area contributed by atoms with Gasteiger partial charge in [0.05, 0.1) is 23.0 Å². The summed E-state index contributed by atoms with van der Waals surface area (Å²) < 4.78 is 25.8. The SMILES string of the molecule is Cc1nc(CN(C)S(=O)(=O)CCc2ccccc2)cs1. The Balaban J connectivity index is 1.95. The van der Waals surface area contributed by atoms with Crippen molar-refractivity contribution in [3.05, 3.63) is 52.0 Å². The van der Waals surface area contributed by atoms with E-state index in [-0.39, 0.29) is 5.75 Å². The molecule has 1 aromatic carbocycles. The maximum atomic E-state index is 12.2. The van der Waals surface area contributed by atoms with E-state index in [2.05, 4.69) is 4.98 Å². The number of benzene rings is 1. The zero-order chi connectivity index (χ0) is 14.6. The van der Waals surface area contributed by atoms with Gasteiger partial charge in [-0.3, -0.25) is 0 Å². The van der Waals surface area contributed by atoms with Crippen molar-refractivity contribution in [1.82, 2.24) is 9.29 Å². The average Bonchev–Trinajstić information content (AvgIpc) is 2.83. The lowest BCUT2D eigenvalue weighted by Crippen LogP contribution is -2.29. The molecular weight excluding hydrogens is 292 g/mol. The molecule has 2 rings (SSSR count). The summed E-state index contributed by atoms with van der Waals surface area (Å²) in [6.07, 6.45) is 0.531. The molecule has 20 heavy (non-hydrogen) atoms. The number of hydrogen-bond acceptors (Lipinski definition) is 4. The lowest BCUT2D eigenvalue weighted by Gasteiger charge is -2.16. The van der Waals surface area contributed by atoms with Crippen LogP contribution in [0.4, 0.5) is 0 Å². The van der Waals surface area contributed by atoms with Gasteiger partial charge in [0.25, 0.3) is 0 Å². The highest BCUT2D eigenvalue weighted by Crippen LogP contribution is 2.12. The molecule has 0 N–H and O–H groups in total. The van der Waals surface area contributed by atoms with Gasteiger partial charge in [-0.05, 0) is 18.9 Å². The highest BCUT2D eigenvalue weighted by atomic mass is 32.2. The molecule has 0 aliphatic carbocycles. The van der Waals surface area contributed by atoms with Crippen LogP contribution >= 0.6 is 11.3 Å². The molecular formula is C14H18N2O2S2. The van der Waals surface area contributed by atoms with Gasteiger partial charge in [-0.1, -0.05) is 30.3 Å². The fourth-order valence-electron chi connectivity index (χ4n) is 1.85. The van der Waals surface area contributed by atoms with Crippen molar-refractivity contribution >= 4 is 21.4 Å². The monoisotopic (exact) mass is 310 g/mol. The van der Waals surface area contributed by atoms with E-state index in [1.165, 1.54) is 15.6 Å². The zero-order valence-corrected chi connectivity index (χ0v) is 13.2. The second kappa shape index (κ2) is 6.47. The first kappa shape index (κ1) is 15.2. The standard InChI is InChI=1S/C14H18N2O2S2/c1-12-15-14(11-19-12)10-16(2)20(17,18)9-8-13-6-4-3-5-7-13/h3-7,11H,8-10H2,1-2H3. The van der Waals surface area contributed by atoms with Crippen molar-refractivity contribution in [2.45, 2.75) is 19.9 Å². The van der Waals surface area contributed by atoms with Crippen LogP contribution in [0.1, 0.15) is 16.3 Å². The lowest BCUT2D eigenvalue weighted by molar-refractivity contribution is 0.462. The molecule has 0 atom stereocenters. The topological polar surface area (TPSA) is 50.3 Å². The summed E-state index contributed by atoms with van der Waals surface area (Å²) in [6, 6.07) is 9.65. The minimum Gasteiger partial charge on any atom is -0.245 e. The van der Waals surface area contributed by atoms with Crippen LogP contribution in [0.3, 0.4) is 0 Å². The minimum atomic E-state index is -3.25. The third-order valence-electron chi connectivity index (χ3n) is 3.02. The predicted molar refractivity (Wildman–Crippen MR) is 82.3 cm³/mol. The molecule has 1 heterocycles. The molecule has 1 aromatic heterocycles. The molecule has 0 radical (unpaired) electrons. The van der Waals surface area contributed by atoms with Crippen molar-refractivity contribution in [3.63, 3.8) is 0 Å². The molecule has 0 saturated carbocycles. The normalized spacial score (nSPS) is 11.9. The number of thiazole rings is 1. The highest BCUT2D eigenvalue weighted by molar-refractivity contribution is 7.89. The summed E-state index contributed by atoms with van der Waals surface area (Å²) in [6.45, 7) is 2.25. The van der Waals surface area contributed by atoms with Gasteiger partial charge in [-0.15, -0.1) is 11.3 Å². The van der Waals surface area contributed by atoms with E-state index >= 15 is 0 Å². The molecule has 0 aliphatic rings. The third-order valence-corrected chi connectivity index (χ3v) is 5.64. The number of aryl methyl sites for hydroxylation is 2. The molecule has 6 heteroatoms. The summed E-state index contributed by atoms with van der Waals surface area (Å²) in [4.78, 5) is 4.29. The van der Waals surface area contributed by atoms with Crippen molar-refractivity contribution < 1.29 is 8.42 Å². The first-order chi connectivity index (χ1) is 9.47. The Bertz CT molecular complexity index is 651. The van der Waals surface area contributed by atoms with E-state index in [4.69, 9.17) is 0 Å². The van der Waals surface area contributed by atoms with Crippen LogP contribution in [0.5, 0.6) is 0 Å². The van der Waals surface area contributed by atoms with Crippen LogP contribution in [0, 0.1) is 6.92 Å². The molecule has 0 aliphatic heterocycles. The van der Waals surface area contributed by atoms with E-state index in [9.17, 15) is 8.42 Å². The van der Waals surface area contributed by atoms with E-state index in [0.717, 1.165) is 16.3 Å². The Labute approximate surface area is 124 Å². The second-order valence-corrected chi connectivity index (χ2v) is 7.92. The largest absolute Gasteiger partial charge is 0.245 e. The molecule has 4 nitrogen and oxygen atoms in total. The minimum absolute atomic E-state index is 0.122. The fourth-order valence-corrected chi connectivity index (χ4v) is 3.59. The van der Waals surface area contributed by atoms with Crippen LogP contribution in [0.15, 0.2) is 35.7 Å². The van der Waals surface area contributed by atoms with Gasteiger partial charge >= 0.3 is 0 Å². The summed E-state index contributed by atoms with van der Waals surface area (Å²) in [7, 11) is -1.64. The molecule has 2 aromatic rings. The van der Waals surface area contributed by atoms with Gasteiger partial charge in [0.15, 0.2) is 0 Å². The summed E-state index contributed by atoms with van der Waals surface area (Å²) in [5, 5.41) is 2.86. The predicted octanol–water partition coefficient (Wildman–Crippen LogP) is 2.46. The Kier molecular flexibility index (Phi) is 4.91. The second-order valence-electron chi connectivity index (χ2n) is 4.67. The van der Waals surface area contributed by atoms with E-state index in [0.29, 0.717) is 13.0 Å². The molecule has 0 saturated heterocycles. The molecule has 0 amide bonds. The molecule has 0 bridgehead atoms. The zero-order valence-electron chi connectivity index (χ0n) is 11.6. The Morgan fingerprint density at radius 3 is 2.55 bits per heavy atom. The van der Waals surface area contributed by atoms with Crippen molar-refractivity contribution in [2.24, 2.45) is 0 Å². The van der Waals surface area contributed by atoms with E-state index in [1.54, 1.807) is 7.05 Å². The Morgan fingerprint density at radius 2 is 1.95 bits per heavy atom. The first-order valence-corrected chi connectivity index (χ1v) is 8.85. The number of nitrogens with zero attached hydrogens (tertiary/aromatic N) is 2. The quantitative estimate of drug-likeness (QED) is 0.823. The number of aromatic nitrogens is 1. The number of rotatable bonds is 6. The molecule has 108 valence electrons. The molecule has 0 spiro atoms. The van der Waals surface area contributed by atoms with Gasteiger partial charge in [0.1, 0.15) is 0 Å². The van der Waals surface area contributed by atoms with Gasteiger partial charge in [-0.25, -0.2) is 13.4 Å². The Morgan fingerprint density at radius 1 is 1.25 bits per heavy atom. The number of sulfonamides is 1. The summed E-state index contributed by atoms with van der Waals surface area (Å²) >= 11 is 1.53. The van der Waals surface area contributed by atoms with Crippen LogP contribution in [0.2, 0.25) is 0 Å². The fraction of sp³-hybridized carbons (Fsp3) is 0.357. The summed E-state index contributed by atoms with van der Waals surface area (Å²) in [5.41, 5.74) is 1.84. The van der Waals surface area contributed by atoms with Gasteiger partial charge in [-0.2, -0.15) is 4.31 Å². The van der Waals surface area contributed by atoms with Crippen molar-refractivity contribution in [3.8, 4) is 0 Å². The van der Waals surface area contributed by atoms with Crippen LogP contribution in [-0.2, 0) is 23.0 Å². The van der Waals surface area contributed by atoms with Gasteiger partial charge < -0.3 is 0 Å².